The van der Waals surface area contributed by atoms with Crippen molar-refractivity contribution in [3.8, 4) is 0 Å². The van der Waals surface area contributed by atoms with Gasteiger partial charge in [0.1, 0.15) is 0 Å². The highest BCUT2D eigenvalue weighted by Gasteiger charge is 2.15. The minimum atomic E-state index is -3.64. The van der Waals surface area contributed by atoms with E-state index in [1.165, 1.54) is 12.1 Å². The summed E-state index contributed by atoms with van der Waals surface area (Å²) in [5.41, 5.74) is 1.46. The smallest absolute Gasteiger partial charge is 0.240 e. The molecule has 0 aliphatic carbocycles. The molecule has 20 heavy (non-hydrogen) atoms. The van der Waals surface area contributed by atoms with Crippen molar-refractivity contribution in [2.45, 2.75) is 11.8 Å². The lowest BCUT2D eigenvalue weighted by atomic mass is 10.1. The zero-order valence-corrected chi connectivity index (χ0v) is 11.9. The van der Waals surface area contributed by atoms with Crippen LogP contribution in [0.5, 0.6) is 0 Å². The fraction of sp³-hybridized carbons (Fsp3) is 0.133. The van der Waals surface area contributed by atoms with Gasteiger partial charge in [0.2, 0.25) is 10.0 Å². The molecule has 0 aliphatic rings. The number of Topliss-reactive ketones (excluding diaryl/α,β-unsaturated/α-hetero) is 1. The minimum Gasteiger partial charge on any atom is -0.293 e. The van der Waals surface area contributed by atoms with Gasteiger partial charge < -0.3 is 0 Å². The Bertz CT molecular complexity index is 709. The van der Waals surface area contributed by atoms with Crippen LogP contribution in [0.25, 0.3) is 0 Å². The molecule has 5 heteroatoms. The highest BCUT2D eigenvalue weighted by molar-refractivity contribution is 7.89. The van der Waals surface area contributed by atoms with Gasteiger partial charge in [-0.2, -0.15) is 0 Å². The number of carbonyl (C=O) groups is 1. The Labute approximate surface area is 118 Å². The van der Waals surface area contributed by atoms with Crippen LogP contribution in [0.15, 0.2) is 59.5 Å². The van der Waals surface area contributed by atoms with E-state index in [0.29, 0.717) is 5.56 Å². The number of carbonyl (C=O) groups excluding carboxylic acids is 1. The lowest BCUT2D eigenvalue weighted by molar-refractivity contribution is 0.0997. The van der Waals surface area contributed by atoms with E-state index in [1.807, 2.05) is 13.0 Å². The first kappa shape index (κ1) is 14.4. The Morgan fingerprint density at radius 2 is 1.75 bits per heavy atom. The molecule has 2 aromatic carbocycles. The highest BCUT2D eigenvalue weighted by atomic mass is 32.2. The molecule has 0 saturated carbocycles. The molecule has 0 heterocycles. The molecule has 0 unspecified atom stereocenters. The maximum absolute atomic E-state index is 12.0. The number of hydrogen-bond acceptors (Lipinski definition) is 3. The topological polar surface area (TPSA) is 63.2 Å². The Morgan fingerprint density at radius 1 is 1.05 bits per heavy atom. The molecule has 0 amide bonds. The Hall–Kier alpha value is -1.98. The van der Waals surface area contributed by atoms with Gasteiger partial charge in [0.15, 0.2) is 5.78 Å². The number of aryl methyl sites for hydroxylation is 1. The first-order valence-electron chi connectivity index (χ1n) is 6.13. The van der Waals surface area contributed by atoms with Crippen molar-refractivity contribution in [2.24, 2.45) is 0 Å². The van der Waals surface area contributed by atoms with Crippen molar-refractivity contribution in [1.82, 2.24) is 4.72 Å². The van der Waals surface area contributed by atoms with Crippen LogP contribution in [0.1, 0.15) is 15.9 Å². The molecular formula is C15H15NO3S. The quantitative estimate of drug-likeness (QED) is 0.858. The van der Waals surface area contributed by atoms with Crippen LogP contribution in [0.3, 0.4) is 0 Å². The van der Waals surface area contributed by atoms with Crippen LogP contribution in [0, 0.1) is 6.92 Å². The molecule has 104 valence electrons. The summed E-state index contributed by atoms with van der Waals surface area (Å²) in [6.07, 6.45) is 0. The third-order valence-electron chi connectivity index (χ3n) is 2.82. The molecule has 0 radical (unpaired) electrons. The van der Waals surface area contributed by atoms with E-state index in [9.17, 15) is 13.2 Å². The third-order valence-corrected chi connectivity index (χ3v) is 4.23. The highest BCUT2D eigenvalue weighted by Crippen LogP contribution is 2.08. The zero-order chi connectivity index (χ0) is 14.6. The fourth-order valence-electron chi connectivity index (χ4n) is 1.76. The van der Waals surface area contributed by atoms with Crippen LogP contribution < -0.4 is 4.72 Å². The third kappa shape index (κ3) is 3.53. The first-order valence-corrected chi connectivity index (χ1v) is 7.62. The molecule has 4 nitrogen and oxygen atoms in total. The SMILES string of the molecule is Cc1cccc(C(=O)CNS(=O)(=O)c2ccccc2)c1. The van der Waals surface area contributed by atoms with Gasteiger partial charge in [0.25, 0.3) is 0 Å². The van der Waals surface area contributed by atoms with Crippen LogP contribution in [0.4, 0.5) is 0 Å². The molecule has 0 bridgehead atoms. The van der Waals surface area contributed by atoms with E-state index in [2.05, 4.69) is 4.72 Å². The van der Waals surface area contributed by atoms with Gasteiger partial charge in [0, 0.05) is 5.56 Å². The summed E-state index contributed by atoms with van der Waals surface area (Å²) in [4.78, 5) is 12.1. The molecule has 0 aromatic heterocycles. The van der Waals surface area contributed by atoms with Gasteiger partial charge in [0.05, 0.1) is 11.4 Å². The van der Waals surface area contributed by atoms with E-state index < -0.39 is 10.0 Å². The second-order valence-electron chi connectivity index (χ2n) is 4.43. The van der Waals surface area contributed by atoms with Crippen LogP contribution in [0.2, 0.25) is 0 Å². The maximum atomic E-state index is 12.0. The van der Waals surface area contributed by atoms with Gasteiger partial charge in [-0.25, -0.2) is 13.1 Å². The van der Waals surface area contributed by atoms with E-state index >= 15 is 0 Å². The Morgan fingerprint density at radius 3 is 2.40 bits per heavy atom. The standard InChI is InChI=1S/C15H15NO3S/c1-12-6-5-7-13(10-12)15(17)11-16-20(18,19)14-8-3-2-4-9-14/h2-10,16H,11H2,1H3. The molecule has 0 atom stereocenters. The summed E-state index contributed by atoms with van der Waals surface area (Å²) in [6, 6.07) is 15.0. The van der Waals surface area contributed by atoms with Gasteiger partial charge in [-0.3, -0.25) is 4.79 Å². The normalized spacial score (nSPS) is 11.2. The van der Waals surface area contributed by atoms with Crippen molar-refractivity contribution >= 4 is 15.8 Å². The number of ketones is 1. The second kappa shape index (κ2) is 5.98. The van der Waals surface area contributed by atoms with Crippen molar-refractivity contribution in [2.75, 3.05) is 6.54 Å². The van der Waals surface area contributed by atoms with Crippen LogP contribution in [-0.4, -0.2) is 20.7 Å². The van der Waals surface area contributed by atoms with E-state index in [4.69, 9.17) is 0 Å². The summed E-state index contributed by atoms with van der Waals surface area (Å²) in [5.74, 6) is -0.256. The minimum absolute atomic E-state index is 0.150. The van der Waals surface area contributed by atoms with E-state index in [1.54, 1.807) is 36.4 Å². The molecule has 0 saturated heterocycles. The van der Waals surface area contributed by atoms with E-state index in [-0.39, 0.29) is 17.2 Å². The van der Waals surface area contributed by atoms with Crippen LogP contribution >= 0.6 is 0 Å². The summed E-state index contributed by atoms with van der Waals surface area (Å²) in [6.45, 7) is 1.63. The second-order valence-corrected chi connectivity index (χ2v) is 6.20. The lowest BCUT2D eigenvalue weighted by Gasteiger charge is -2.06. The van der Waals surface area contributed by atoms with Crippen molar-refractivity contribution < 1.29 is 13.2 Å². The maximum Gasteiger partial charge on any atom is 0.240 e. The lowest BCUT2D eigenvalue weighted by Crippen LogP contribution is -2.29. The number of sulfonamides is 1. The molecule has 1 N–H and O–H groups in total. The van der Waals surface area contributed by atoms with Gasteiger partial charge >= 0.3 is 0 Å². The molecule has 0 fully saturated rings. The number of hydrogen-bond donors (Lipinski definition) is 1. The Balaban J connectivity index is 2.07. The van der Waals surface area contributed by atoms with Gasteiger partial charge in [-0.15, -0.1) is 0 Å². The summed E-state index contributed by atoms with van der Waals surface area (Å²) >= 11 is 0. The molecule has 0 aliphatic heterocycles. The summed E-state index contributed by atoms with van der Waals surface area (Å²) in [5, 5.41) is 0. The average molecular weight is 289 g/mol. The summed E-state index contributed by atoms with van der Waals surface area (Å²) < 4.78 is 26.3. The molecule has 2 aromatic rings. The predicted octanol–water partition coefficient (Wildman–Crippen LogP) is 2.16. The summed E-state index contributed by atoms with van der Waals surface area (Å²) in [7, 11) is -3.64. The van der Waals surface area contributed by atoms with Crippen molar-refractivity contribution in [1.29, 1.82) is 0 Å². The Kier molecular flexibility index (Phi) is 4.32. The number of rotatable bonds is 5. The van der Waals surface area contributed by atoms with Crippen molar-refractivity contribution in [3.63, 3.8) is 0 Å². The molecule has 0 spiro atoms. The number of benzene rings is 2. The largest absolute Gasteiger partial charge is 0.293 e. The monoisotopic (exact) mass is 289 g/mol. The van der Waals surface area contributed by atoms with Crippen molar-refractivity contribution in [3.05, 3.63) is 65.7 Å². The fourth-order valence-corrected chi connectivity index (χ4v) is 2.77. The molecular weight excluding hydrogens is 274 g/mol. The zero-order valence-electron chi connectivity index (χ0n) is 11.0. The van der Waals surface area contributed by atoms with Gasteiger partial charge in [-0.1, -0.05) is 42.0 Å². The van der Waals surface area contributed by atoms with E-state index in [0.717, 1.165) is 5.56 Å². The van der Waals surface area contributed by atoms with Gasteiger partial charge in [-0.05, 0) is 25.1 Å². The number of nitrogens with one attached hydrogen (secondary N) is 1. The van der Waals surface area contributed by atoms with Crippen LogP contribution in [-0.2, 0) is 10.0 Å². The first-order chi connectivity index (χ1) is 9.49. The average Bonchev–Trinajstić information content (AvgIpc) is 2.46. The predicted molar refractivity (Wildman–Crippen MR) is 77.1 cm³/mol. The molecule has 2 rings (SSSR count).